The molecule has 1 aromatic carbocycles. The minimum Gasteiger partial charge on any atom is -0.481 e. The molecular formula is C21H25N7O6. The average Bonchev–Trinajstić information content (AvgIpc) is 2.83. The predicted octanol–water partition coefficient (Wildman–Crippen LogP) is -0.486. The van der Waals surface area contributed by atoms with Crippen LogP contribution in [-0.2, 0) is 30.5 Å². The highest BCUT2D eigenvalue weighted by Crippen LogP contribution is 2.13. The number of aliphatic carboxylic acids is 1. The van der Waals surface area contributed by atoms with Crippen molar-refractivity contribution in [1.82, 2.24) is 31.0 Å². The van der Waals surface area contributed by atoms with E-state index in [1.807, 2.05) is 0 Å². The number of carboxylic acid groups (broad SMARTS) is 1. The number of nitrogens with two attached hydrogens (primary N) is 1. The molecule has 1 atom stereocenters. The van der Waals surface area contributed by atoms with Gasteiger partial charge in [-0.2, -0.15) is 0 Å². The number of carbonyl (C=O) groups is 5. The maximum absolute atomic E-state index is 12.2. The second-order valence-corrected chi connectivity index (χ2v) is 7.33. The number of nitrogens with one attached hydrogen (secondary N) is 2. The van der Waals surface area contributed by atoms with E-state index in [2.05, 4.69) is 31.0 Å². The van der Waals surface area contributed by atoms with Crippen molar-refractivity contribution >= 4 is 29.5 Å². The third-order valence-electron chi connectivity index (χ3n) is 4.68. The molecule has 0 fully saturated rings. The van der Waals surface area contributed by atoms with Crippen LogP contribution in [0.2, 0.25) is 0 Å². The zero-order valence-corrected chi connectivity index (χ0v) is 18.3. The molecule has 2 rings (SSSR count). The Morgan fingerprint density at radius 3 is 2.15 bits per heavy atom. The van der Waals surface area contributed by atoms with Crippen LogP contribution in [0.1, 0.15) is 44.1 Å². The summed E-state index contributed by atoms with van der Waals surface area (Å²) in [6, 6.07) is 6.05. The maximum atomic E-state index is 12.2. The zero-order chi connectivity index (χ0) is 24.9. The number of aromatic nitrogens is 4. The van der Waals surface area contributed by atoms with E-state index in [9.17, 15) is 24.0 Å². The third kappa shape index (κ3) is 9.46. The van der Waals surface area contributed by atoms with Gasteiger partial charge >= 0.3 is 5.97 Å². The molecule has 0 radical (unpaired) electrons. The van der Waals surface area contributed by atoms with Crippen LogP contribution in [0.15, 0.2) is 30.6 Å². The molecule has 180 valence electrons. The Bertz CT molecular complexity index is 1010. The second-order valence-electron chi connectivity index (χ2n) is 7.33. The molecule has 0 saturated carbocycles. The van der Waals surface area contributed by atoms with Crippen LogP contribution in [0.5, 0.6) is 0 Å². The molecule has 1 aromatic heterocycles. The van der Waals surface area contributed by atoms with Crippen LogP contribution >= 0.6 is 0 Å². The number of hydrogen-bond acceptors (Lipinski definition) is 9. The van der Waals surface area contributed by atoms with Crippen LogP contribution in [0.4, 0.5) is 0 Å². The standard InChI is InChI=1S/C21H25N7O6/c22-17(30)7-5-15(16(29)6-10-20(33)34)26-19(32)9-8-18(31)23-11-13-1-3-14(4-2-13)21-27-24-12-25-28-21/h1-4,12,15H,5-11H2,(H2,22,30)(H,23,31)(H,26,32)(H,33,34). The van der Waals surface area contributed by atoms with Gasteiger partial charge in [0.2, 0.25) is 23.5 Å². The third-order valence-corrected chi connectivity index (χ3v) is 4.68. The molecule has 13 heteroatoms. The summed E-state index contributed by atoms with van der Waals surface area (Å²) >= 11 is 0. The minimum atomic E-state index is -1.15. The van der Waals surface area contributed by atoms with E-state index in [1.54, 1.807) is 24.3 Å². The zero-order valence-electron chi connectivity index (χ0n) is 18.3. The Kier molecular flexibility index (Phi) is 10.2. The van der Waals surface area contributed by atoms with E-state index >= 15 is 0 Å². The number of ketones is 1. The number of hydrogen-bond donors (Lipinski definition) is 4. The Hall–Kier alpha value is -4.29. The fraction of sp³-hybridized carbons (Fsp3) is 0.381. The number of Topliss-reactive ketones (excluding diaryl/α,β-unsaturated/α-hetero) is 1. The molecule has 5 N–H and O–H groups in total. The van der Waals surface area contributed by atoms with Crippen LogP contribution < -0.4 is 16.4 Å². The van der Waals surface area contributed by atoms with Gasteiger partial charge < -0.3 is 21.5 Å². The number of carboxylic acids is 1. The lowest BCUT2D eigenvalue weighted by atomic mass is 10.0. The summed E-state index contributed by atoms with van der Waals surface area (Å²) in [5, 5.41) is 28.9. The van der Waals surface area contributed by atoms with E-state index in [1.165, 1.54) is 6.33 Å². The molecule has 0 aliphatic heterocycles. The number of benzene rings is 1. The normalized spacial score (nSPS) is 11.3. The maximum Gasteiger partial charge on any atom is 0.303 e. The van der Waals surface area contributed by atoms with Crippen LogP contribution in [0, 0.1) is 0 Å². The summed E-state index contributed by atoms with van der Waals surface area (Å²) in [5.74, 6) is -2.88. The first-order chi connectivity index (χ1) is 16.2. The number of carbonyl (C=O) groups excluding carboxylic acids is 4. The predicted molar refractivity (Wildman–Crippen MR) is 116 cm³/mol. The fourth-order valence-electron chi connectivity index (χ4n) is 2.88. The Balaban J connectivity index is 1.78. The van der Waals surface area contributed by atoms with Crippen molar-refractivity contribution in [2.75, 3.05) is 0 Å². The lowest BCUT2D eigenvalue weighted by molar-refractivity contribution is -0.139. The lowest BCUT2D eigenvalue weighted by Gasteiger charge is -2.17. The van der Waals surface area contributed by atoms with E-state index in [0.29, 0.717) is 5.82 Å². The largest absolute Gasteiger partial charge is 0.481 e. The van der Waals surface area contributed by atoms with Crippen LogP contribution in [0.25, 0.3) is 11.4 Å². The first-order valence-corrected chi connectivity index (χ1v) is 10.4. The van der Waals surface area contributed by atoms with E-state index < -0.39 is 36.0 Å². The Morgan fingerprint density at radius 2 is 1.53 bits per heavy atom. The highest BCUT2D eigenvalue weighted by atomic mass is 16.4. The number of primary amides is 1. The highest BCUT2D eigenvalue weighted by molar-refractivity contribution is 5.92. The van der Waals surface area contributed by atoms with Crippen LogP contribution in [-0.4, -0.2) is 61.0 Å². The van der Waals surface area contributed by atoms with Gasteiger partial charge in [-0.25, -0.2) is 0 Å². The summed E-state index contributed by atoms with van der Waals surface area (Å²) < 4.78 is 0. The Morgan fingerprint density at radius 1 is 0.882 bits per heavy atom. The SMILES string of the molecule is NC(=O)CCC(NC(=O)CCC(=O)NCc1ccc(-c2nncnn2)cc1)C(=O)CCC(=O)O. The first-order valence-electron chi connectivity index (χ1n) is 10.4. The Labute approximate surface area is 194 Å². The van der Waals surface area contributed by atoms with Gasteiger partial charge in [0, 0.05) is 37.8 Å². The monoisotopic (exact) mass is 471 g/mol. The molecule has 0 aliphatic rings. The molecule has 0 aliphatic carbocycles. The summed E-state index contributed by atoms with van der Waals surface area (Å²) in [7, 11) is 0. The van der Waals surface area contributed by atoms with Gasteiger partial charge in [-0.3, -0.25) is 24.0 Å². The molecule has 0 spiro atoms. The van der Waals surface area contributed by atoms with Crippen molar-refractivity contribution in [3.05, 3.63) is 36.2 Å². The van der Waals surface area contributed by atoms with E-state index in [4.69, 9.17) is 10.8 Å². The second kappa shape index (κ2) is 13.3. The molecule has 34 heavy (non-hydrogen) atoms. The molecule has 2 aromatic rings. The van der Waals surface area contributed by atoms with Gasteiger partial charge in [0.1, 0.15) is 0 Å². The van der Waals surface area contributed by atoms with Gasteiger partial charge in [0.15, 0.2) is 12.1 Å². The summed E-state index contributed by atoms with van der Waals surface area (Å²) in [6.45, 7) is 0.238. The summed E-state index contributed by atoms with van der Waals surface area (Å²) in [5.41, 5.74) is 6.62. The van der Waals surface area contributed by atoms with Crippen molar-refractivity contribution in [2.24, 2.45) is 5.73 Å². The summed E-state index contributed by atoms with van der Waals surface area (Å²) in [6.07, 6.45) is 0.0555. The molecular weight excluding hydrogens is 446 g/mol. The van der Waals surface area contributed by atoms with Crippen molar-refractivity contribution in [3.63, 3.8) is 0 Å². The molecule has 1 heterocycles. The molecule has 0 saturated heterocycles. The van der Waals surface area contributed by atoms with E-state index in [0.717, 1.165) is 11.1 Å². The number of amides is 3. The molecule has 1 unspecified atom stereocenters. The quantitative estimate of drug-likeness (QED) is 0.278. The van der Waals surface area contributed by atoms with Gasteiger partial charge in [-0.15, -0.1) is 20.4 Å². The fourth-order valence-corrected chi connectivity index (χ4v) is 2.88. The summed E-state index contributed by atoms with van der Waals surface area (Å²) in [4.78, 5) is 58.2. The number of nitrogens with zero attached hydrogens (tertiary/aromatic N) is 4. The first kappa shape index (κ1) is 26.0. The highest BCUT2D eigenvalue weighted by Gasteiger charge is 2.22. The molecule has 0 bridgehead atoms. The van der Waals surface area contributed by atoms with Gasteiger partial charge in [-0.1, -0.05) is 24.3 Å². The van der Waals surface area contributed by atoms with Crippen LogP contribution in [0.3, 0.4) is 0 Å². The molecule has 13 nitrogen and oxygen atoms in total. The number of rotatable bonds is 14. The average molecular weight is 471 g/mol. The van der Waals surface area contributed by atoms with E-state index in [-0.39, 0.29) is 44.6 Å². The van der Waals surface area contributed by atoms with Crippen molar-refractivity contribution in [3.8, 4) is 11.4 Å². The van der Waals surface area contributed by atoms with Gasteiger partial charge in [-0.05, 0) is 12.0 Å². The topological polar surface area (TPSA) is 207 Å². The van der Waals surface area contributed by atoms with Gasteiger partial charge in [0.25, 0.3) is 0 Å². The van der Waals surface area contributed by atoms with Gasteiger partial charge in [0.05, 0.1) is 12.5 Å². The smallest absolute Gasteiger partial charge is 0.303 e. The minimum absolute atomic E-state index is 0.0398. The van der Waals surface area contributed by atoms with Crippen molar-refractivity contribution < 1.29 is 29.1 Å². The molecule has 3 amide bonds. The lowest BCUT2D eigenvalue weighted by Crippen LogP contribution is -2.42. The van der Waals surface area contributed by atoms with Crippen molar-refractivity contribution in [1.29, 1.82) is 0 Å². The van der Waals surface area contributed by atoms with Crippen molar-refractivity contribution in [2.45, 2.75) is 51.1 Å².